The minimum Gasteiger partial charge on any atom is -0.465 e. The maximum Gasteiger partial charge on any atom is 0.407 e. The number of carboxylic acid groups (broad SMARTS) is 1. The van der Waals surface area contributed by atoms with Crippen LogP contribution < -0.4 is 11.0 Å². The number of ether oxygens (including phenoxy) is 1. The van der Waals surface area contributed by atoms with Crippen LogP contribution in [0.1, 0.15) is 64.5 Å². The van der Waals surface area contributed by atoms with Crippen molar-refractivity contribution in [2.45, 2.75) is 77.5 Å². The fourth-order valence-electron chi connectivity index (χ4n) is 5.45. The van der Waals surface area contributed by atoms with Crippen molar-refractivity contribution >= 4 is 28.9 Å². The van der Waals surface area contributed by atoms with Gasteiger partial charge in [-0.15, -0.1) is 0 Å². The number of benzene rings is 1. The number of imidazole rings is 1. The standard InChI is InChI=1S/C26H36N4O6/c1-26(2,3)21-15-17(11-12-29(21)25(34)35)36-13-5-6-16-7-8-18-20(14-16)28(4)24(33)30(18)19-9-10-22(31)27-23(19)32/h7-8,14,17,19,21H,5-6,9-13,15H2,1-4H3,(H,34,35)(H,27,31,32). The summed E-state index contributed by atoms with van der Waals surface area (Å²) in [5.41, 5.74) is 2.06. The molecule has 1 aromatic heterocycles. The van der Waals surface area contributed by atoms with Crippen molar-refractivity contribution in [1.29, 1.82) is 0 Å². The lowest BCUT2D eigenvalue weighted by Gasteiger charge is -2.44. The van der Waals surface area contributed by atoms with Gasteiger partial charge < -0.3 is 14.7 Å². The van der Waals surface area contributed by atoms with Gasteiger partial charge in [-0.1, -0.05) is 26.8 Å². The summed E-state index contributed by atoms with van der Waals surface area (Å²) < 4.78 is 9.17. The van der Waals surface area contributed by atoms with E-state index in [0.29, 0.717) is 37.9 Å². The second kappa shape index (κ2) is 10.1. The van der Waals surface area contributed by atoms with Crippen molar-refractivity contribution in [3.05, 3.63) is 34.2 Å². The quantitative estimate of drug-likeness (QED) is 0.465. The zero-order valence-electron chi connectivity index (χ0n) is 21.5. The fourth-order valence-corrected chi connectivity index (χ4v) is 5.45. The molecule has 3 amide bonds. The zero-order chi connectivity index (χ0) is 26.2. The zero-order valence-corrected chi connectivity index (χ0v) is 21.5. The van der Waals surface area contributed by atoms with Crippen molar-refractivity contribution in [3.8, 4) is 0 Å². The number of aromatic nitrogens is 2. The van der Waals surface area contributed by atoms with Crippen molar-refractivity contribution in [2.24, 2.45) is 12.5 Å². The molecule has 2 aliphatic rings. The van der Waals surface area contributed by atoms with E-state index in [1.807, 2.05) is 18.2 Å². The molecule has 2 fully saturated rings. The first-order chi connectivity index (χ1) is 17.0. The Labute approximate surface area is 210 Å². The van der Waals surface area contributed by atoms with Crippen LogP contribution in [-0.4, -0.2) is 62.3 Å². The van der Waals surface area contributed by atoms with E-state index in [0.717, 1.165) is 23.9 Å². The van der Waals surface area contributed by atoms with Crippen molar-refractivity contribution < 1.29 is 24.2 Å². The smallest absolute Gasteiger partial charge is 0.407 e. The van der Waals surface area contributed by atoms with E-state index in [-0.39, 0.29) is 35.6 Å². The number of amides is 3. The average Bonchev–Trinajstić information content (AvgIpc) is 3.06. The summed E-state index contributed by atoms with van der Waals surface area (Å²) >= 11 is 0. The maximum absolute atomic E-state index is 12.9. The number of fused-ring (bicyclic) bond motifs is 1. The number of imide groups is 1. The summed E-state index contributed by atoms with van der Waals surface area (Å²) in [6.45, 7) is 7.24. The normalized spacial score (nSPS) is 23.2. The van der Waals surface area contributed by atoms with Crippen LogP contribution in [0, 0.1) is 5.41 Å². The maximum atomic E-state index is 12.9. The van der Waals surface area contributed by atoms with Gasteiger partial charge in [-0.2, -0.15) is 0 Å². The number of carbonyl (C=O) groups excluding carboxylic acids is 2. The van der Waals surface area contributed by atoms with E-state index < -0.39 is 18.0 Å². The third-order valence-electron chi connectivity index (χ3n) is 7.44. The van der Waals surface area contributed by atoms with Gasteiger partial charge in [0.2, 0.25) is 11.8 Å². The lowest BCUT2D eigenvalue weighted by atomic mass is 9.80. The van der Waals surface area contributed by atoms with E-state index in [4.69, 9.17) is 4.74 Å². The molecule has 3 atom stereocenters. The minimum atomic E-state index is -0.871. The molecular weight excluding hydrogens is 464 g/mol. The van der Waals surface area contributed by atoms with Gasteiger partial charge >= 0.3 is 11.8 Å². The summed E-state index contributed by atoms with van der Waals surface area (Å²) in [4.78, 5) is 50.0. The molecule has 196 valence electrons. The van der Waals surface area contributed by atoms with E-state index in [1.165, 1.54) is 4.57 Å². The Morgan fingerprint density at radius 2 is 1.92 bits per heavy atom. The number of nitrogens with zero attached hydrogens (tertiary/aromatic N) is 3. The molecule has 10 heteroatoms. The number of hydrogen-bond acceptors (Lipinski definition) is 5. The predicted octanol–water partition coefficient (Wildman–Crippen LogP) is 2.82. The molecule has 2 aromatic rings. The Bertz CT molecular complexity index is 1220. The molecular formula is C26H36N4O6. The second-order valence-electron chi connectivity index (χ2n) is 11.0. The molecule has 0 saturated carbocycles. The topological polar surface area (TPSA) is 123 Å². The van der Waals surface area contributed by atoms with Gasteiger partial charge in [0.05, 0.1) is 17.1 Å². The van der Waals surface area contributed by atoms with Gasteiger partial charge in [-0.3, -0.25) is 24.0 Å². The first kappa shape index (κ1) is 25.9. The molecule has 36 heavy (non-hydrogen) atoms. The van der Waals surface area contributed by atoms with Crippen molar-refractivity contribution in [3.63, 3.8) is 0 Å². The number of likely N-dealkylation sites (tertiary alicyclic amines) is 1. The highest BCUT2D eigenvalue weighted by molar-refractivity contribution is 6.00. The van der Waals surface area contributed by atoms with Crippen LogP contribution in [0.4, 0.5) is 4.79 Å². The first-order valence-corrected chi connectivity index (χ1v) is 12.6. The highest BCUT2D eigenvalue weighted by Gasteiger charge is 2.39. The first-order valence-electron chi connectivity index (χ1n) is 12.6. The Hall–Kier alpha value is -3.14. The third kappa shape index (κ3) is 5.18. The number of carbonyl (C=O) groups is 3. The number of rotatable bonds is 6. The molecule has 10 nitrogen and oxygen atoms in total. The third-order valence-corrected chi connectivity index (χ3v) is 7.44. The molecule has 0 bridgehead atoms. The largest absolute Gasteiger partial charge is 0.465 e. The molecule has 3 unspecified atom stereocenters. The lowest BCUT2D eigenvalue weighted by Crippen LogP contribution is -2.53. The Kier molecular flexibility index (Phi) is 7.26. The molecule has 2 saturated heterocycles. The Balaban J connectivity index is 1.38. The molecule has 0 radical (unpaired) electrons. The van der Waals surface area contributed by atoms with E-state index in [1.54, 1.807) is 16.5 Å². The van der Waals surface area contributed by atoms with Crippen LogP contribution in [0.15, 0.2) is 23.0 Å². The number of aryl methyl sites for hydroxylation is 2. The highest BCUT2D eigenvalue weighted by atomic mass is 16.5. The van der Waals surface area contributed by atoms with Gasteiger partial charge in [0.25, 0.3) is 0 Å². The minimum absolute atomic E-state index is 0.0377. The second-order valence-corrected chi connectivity index (χ2v) is 11.0. The molecule has 0 aliphatic carbocycles. The van der Waals surface area contributed by atoms with Gasteiger partial charge in [0.15, 0.2) is 0 Å². The number of hydrogen-bond donors (Lipinski definition) is 2. The molecule has 4 rings (SSSR count). The van der Waals surface area contributed by atoms with Crippen LogP contribution in [0.3, 0.4) is 0 Å². The molecule has 2 aliphatic heterocycles. The average molecular weight is 501 g/mol. The van der Waals surface area contributed by atoms with Gasteiger partial charge in [-0.25, -0.2) is 9.59 Å². The van der Waals surface area contributed by atoms with Crippen LogP contribution >= 0.6 is 0 Å². The van der Waals surface area contributed by atoms with Gasteiger partial charge in [0.1, 0.15) is 6.04 Å². The van der Waals surface area contributed by atoms with E-state index in [2.05, 4.69) is 26.1 Å². The summed E-state index contributed by atoms with van der Waals surface area (Å²) in [6, 6.07) is 5.03. The summed E-state index contributed by atoms with van der Waals surface area (Å²) in [5.74, 6) is -0.750. The van der Waals surface area contributed by atoms with Crippen molar-refractivity contribution in [1.82, 2.24) is 19.4 Å². The van der Waals surface area contributed by atoms with Crippen LogP contribution in [0.5, 0.6) is 0 Å². The van der Waals surface area contributed by atoms with Crippen LogP contribution in [0.25, 0.3) is 11.0 Å². The molecule has 3 heterocycles. The Morgan fingerprint density at radius 1 is 1.17 bits per heavy atom. The Morgan fingerprint density at radius 3 is 2.58 bits per heavy atom. The van der Waals surface area contributed by atoms with Gasteiger partial charge in [-0.05, 0) is 55.2 Å². The van der Waals surface area contributed by atoms with Crippen LogP contribution in [0.2, 0.25) is 0 Å². The summed E-state index contributed by atoms with van der Waals surface area (Å²) in [5, 5.41) is 11.9. The summed E-state index contributed by atoms with van der Waals surface area (Å²) in [6.07, 6.45) is 2.64. The monoisotopic (exact) mass is 500 g/mol. The summed E-state index contributed by atoms with van der Waals surface area (Å²) in [7, 11) is 1.69. The predicted molar refractivity (Wildman–Crippen MR) is 134 cm³/mol. The fraction of sp³-hybridized carbons (Fsp3) is 0.615. The van der Waals surface area contributed by atoms with Gasteiger partial charge in [0, 0.05) is 32.7 Å². The molecule has 1 aromatic carbocycles. The SMILES string of the molecule is Cn1c(=O)n(C2CCC(=O)NC2=O)c2ccc(CCCOC3CCN(C(=O)O)C(C(C)(C)C)C3)cc21. The van der Waals surface area contributed by atoms with Crippen LogP contribution in [-0.2, 0) is 27.8 Å². The van der Waals surface area contributed by atoms with E-state index in [9.17, 15) is 24.3 Å². The molecule has 2 N–H and O–H groups in total. The number of nitrogens with one attached hydrogen (secondary N) is 1. The molecule has 0 spiro atoms. The van der Waals surface area contributed by atoms with Crippen molar-refractivity contribution in [2.75, 3.05) is 13.2 Å². The van der Waals surface area contributed by atoms with E-state index >= 15 is 0 Å². The number of piperidine rings is 2. The highest BCUT2D eigenvalue weighted by Crippen LogP contribution is 2.33. The lowest BCUT2D eigenvalue weighted by molar-refractivity contribution is -0.135.